The molecule has 2 atom stereocenters. The molecular formula is C24H27F3N2O4. The van der Waals surface area contributed by atoms with Gasteiger partial charge in [0, 0.05) is 12.5 Å². The highest BCUT2D eigenvalue weighted by atomic mass is 19.4. The minimum Gasteiger partial charge on any atom is -0.496 e. The molecule has 0 saturated heterocycles. The Balaban J connectivity index is 2.30. The van der Waals surface area contributed by atoms with Gasteiger partial charge in [-0.3, -0.25) is 4.79 Å². The lowest BCUT2D eigenvalue weighted by molar-refractivity contribution is -0.237. The van der Waals surface area contributed by atoms with Gasteiger partial charge in [-0.25, -0.2) is 0 Å². The van der Waals surface area contributed by atoms with E-state index in [1.807, 2.05) is 0 Å². The first kappa shape index (κ1) is 24.5. The maximum atomic E-state index is 14.8. The monoisotopic (exact) mass is 464 g/mol. The average molecular weight is 464 g/mol. The number of carbonyl (C=O) groups is 1. The molecule has 1 N–H and O–H groups in total. The van der Waals surface area contributed by atoms with Gasteiger partial charge < -0.3 is 14.3 Å². The highest BCUT2D eigenvalue weighted by Crippen LogP contribution is 2.60. The lowest BCUT2D eigenvalue weighted by Gasteiger charge is -2.47. The fraction of sp³-hybridized carbons (Fsp3) is 0.458. The average Bonchev–Trinajstić information content (AvgIpc) is 3.15. The number of aryl methyl sites for hydroxylation is 1. The van der Waals surface area contributed by atoms with Crippen molar-refractivity contribution in [3.8, 4) is 5.75 Å². The molecule has 1 aromatic heterocycles. The molecule has 178 valence electrons. The number of methoxy groups -OCH3 is 1. The second-order valence-electron chi connectivity index (χ2n) is 9.22. The zero-order chi connectivity index (χ0) is 24.6. The summed E-state index contributed by atoms with van der Waals surface area (Å²) in [6.45, 7) is 6.13. The first-order chi connectivity index (χ1) is 15.3. The summed E-state index contributed by atoms with van der Waals surface area (Å²) in [4.78, 5) is 11.7. The van der Waals surface area contributed by atoms with Crippen LogP contribution in [0.2, 0.25) is 0 Å². The maximum Gasteiger partial charge on any atom is 0.398 e. The molecule has 1 aliphatic rings. The van der Waals surface area contributed by atoms with Crippen molar-refractivity contribution in [2.45, 2.75) is 52.6 Å². The minimum atomic E-state index is -4.61. The van der Waals surface area contributed by atoms with Gasteiger partial charge >= 0.3 is 12.1 Å². The van der Waals surface area contributed by atoms with Crippen molar-refractivity contribution in [1.29, 1.82) is 0 Å². The van der Waals surface area contributed by atoms with E-state index in [9.17, 15) is 23.1 Å². The van der Waals surface area contributed by atoms with E-state index in [-0.39, 0.29) is 17.4 Å². The van der Waals surface area contributed by atoms with Crippen LogP contribution in [0.5, 0.6) is 5.75 Å². The van der Waals surface area contributed by atoms with E-state index in [0.717, 1.165) is 0 Å². The summed E-state index contributed by atoms with van der Waals surface area (Å²) < 4.78 is 55.3. The van der Waals surface area contributed by atoms with Crippen molar-refractivity contribution in [3.05, 3.63) is 59.3 Å². The predicted octanol–water partition coefficient (Wildman–Crippen LogP) is 5.95. The third-order valence-corrected chi connectivity index (χ3v) is 6.15. The van der Waals surface area contributed by atoms with E-state index >= 15 is 0 Å². The first-order valence-electron chi connectivity index (χ1n) is 10.4. The lowest BCUT2D eigenvalue weighted by atomic mass is 9.59. The van der Waals surface area contributed by atoms with Gasteiger partial charge in [0.15, 0.2) is 0 Å². The molecule has 1 aliphatic carbocycles. The third-order valence-electron chi connectivity index (χ3n) is 6.15. The Labute approximate surface area is 190 Å². The van der Waals surface area contributed by atoms with Gasteiger partial charge in [0.25, 0.3) is 0 Å². The Morgan fingerprint density at radius 2 is 1.91 bits per heavy atom. The van der Waals surface area contributed by atoms with Gasteiger partial charge in [-0.15, -0.1) is 10.2 Å². The Bertz CT molecular complexity index is 1080. The van der Waals surface area contributed by atoms with Crippen molar-refractivity contribution in [2.75, 3.05) is 7.11 Å². The topological polar surface area (TPSA) is 85.5 Å². The number of hydrogen-bond donors (Lipinski definition) is 1. The summed E-state index contributed by atoms with van der Waals surface area (Å²) in [5, 5.41) is 17.2. The van der Waals surface area contributed by atoms with Gasteiger partial charge in [0.05, 0.1) is 24.9 Å². The van der Waals surface area contributed by atoms with E-state index in [0.29, 0.717) is 16.9 Å². The molecule has 0 radical (unpaired) electrons. The molecule has 1 aromatic carbocycles. The summed E-state index contributed by atoms with van der Waals surface area (Å²) in [5.41, 5.74) is -2.47. The number of alkyl halides is 3. The number of carboxylic acid groups (broad SMARTS) is 1. The standard InChI is InChI=1S/C24H27F3N2O4/c1-14-28-29-21(33-14)18(11-20(30)31)16-10-15(17-8-6-7-9-19(17)32-5)12-23(13-16,22(2,3)4)24(25,26)27/h6-10,12,18H,11,13H2,1-5H3,(H,30,31). The number of rotatable bonds is 6. The molecule has 3 rings (SSSR count). The van der Waals surface area contributed by atoms with Crippen molar-refractivity contribution in [3.63, 3.8) is 0 Å². The maximum absolute atomic E-state index is 14.8. The van der Waals surface area contributed by atoms with Crippen LogP contribution < -0.4 is 4.74 Å². The highest BCUT2D eigenvalue weighted by Gasteiger charge is 2.61. The lowest BCUT2D eigenvalue weighted by Crippen LogP contribution is -2.48. The molecule has 2 unspecified atom stereocenters. The molecular weight excluding hydrogens is 437 g/mol. The first-order valence-corrected chi connectivity index (χ1v) is 10.4. The van der Waals surface area contributed by atoms with Crippen LogP contribution in [0.1, 0.15) is 56.9 Å². The number of allylic oxidation sites excluding steroid dienone is 4. The third kappa shape index (κ3) is 4.67. The molecule has 1 heterocycles. The van der Waals surface area contributed by atoms with Crippen LogP contribution in [0.3, 0.4) is 0 Å². The van der Waals surface area contributed by atoms with Gasteiger partial charge in [0.2, 0.25) is 11.8 Å². The summed E-state index contributed by atoms with van der Waals surface area (Å²) in [6, 6.07) is 6.78. The molecule has 2 aromatic rings. The van der Waals surface area contributed by atoms with E-state index in [2.05, 4.69) is 10.2 Å². The molecule has 0 aliphatic heterocycles. The van der Waals surface area contributed by atoms with Crippen LogP contribution >= 0.6 is 0 Å². The number of hydrogen-bond acceptors (Lipinski definition) is 5. The number of nitrogens with zero attached hydrogens (tertiary/aromatic N) is 2. The van der Waals surface area contributed by atoms with E-state index in [4.69, 9.17) is 9.15 Å². The largest absolute Gasteiger partial charge is 0.496 e. The normalized spacial score (nSPS) is 20.1. The molecule has 0 saturated carbocycles. The van der Waals surface area contributed by atoms with Crippen LogP contribution in [0.4, 0.5) is 13.2 Å². The number of halogens is 3. The molecule has 6 nitrogen and oxygen atoms in total. The number of carboxylic acids is 1. The molecule has 9 heteroatoms. The van der Waals surface area contributed by atoms with Crippen LogP contribution in [-0.2, 0) is 4.79 Å². The van der Waals surface area contributed by atoms with Crippen LogP contribution in [0, 0.1) is 17.8 Å². The fourth-order valence-electron chi connectivity index (χ4n) is 4.29. The Morgan fingerprint density at radius 3 is 2.42 bits per heavy atom. The van der Waals surface area contributed by atoms with Gasteiger partial charge in [0.1, 0.15) is 5.75 Å². The van der Waals surface area contributed by atoms with E-state index in [1.165, 1.54) is 34.0 Å². The Hall–Kier alpha value is -3.10. The molecule has 0 amide bonds. The predicted molar refractivity (Wildman–Crippen MR) is 116 cm³/mol. The number of benzene rings is 1. The van der Waals surface area contributed by atoms with E-state index < -0.39 is 41.7 Å². The Morgan fingerprint density at radius 1 is 1.24 bits per heavy atom. The molecule has 33 heavy (non-hydrogen) atoms. The molecule has 0 spiro atoms. The fourth-order valence-corrected chi connectivity index (χ4v) is 4.29. The Kier molecular flexibility index (Phi) is 6.46. The van der Waals surface area contributed by atoms with Crippen molar-refractivity contribution in [1.82, 2.24) is 10.2 Å². The molecule has 0 fully saturated rings. The quantitative estimate of drug-likeness (QED) is 0.568. The van der Waals surface area contributed by atoms with Gasteiger partial charge in [-0.05, 0) is 23.5 Å². The van der Waals surface area contributed by atoms with Gasteiger partial charge in [-0.2, -0.15) is 13.2 Å². The number of ether oxygens (including phenoxy) is 1. The molecule has 0 bridgehead atoms. The SMILES string of the molecule is COc1ccccc1C1=CC(C(C)(C)C)(C(F)(F)F)CC(C(CC(=O)O)c2nnc(C)o2)=C1. The second-order valence-corrected chi connectivity index (χ2v) is 9.22. The van der Waals surface area contributed by atoms with Crippen molar-refractivity contribution >= 4 is 11.5 Å². The van der Waals surface area contributed by atoms with Crippen molar-refractivity contribution in [2.24, 2.45) is 10.8 Å². The van der Waals surface area contributed by atoms with Crippen LogP contribution in [0.25, 0.3) is 5.57 Å². The highest BCUT2D eigenvalue weighted by molar-refractivity contribution is 5.81. The minimum absolute atomic E-state index is 0.0209. The van der Waals surface area contributed by atoms with Crippen LogP contribution in [-0.4, -0.2) is 34.6 Å². The number of aromatic nitrogens is 2. The summed E-state index contributed by atoms with van der Waals surface area (Å²) >= 11 is 0. The summed E-state index contributed by atoms with van der Waals surface area (Å²) in [7, 11) is 1.45. The smallest absolute Gasteiger partial charge is 0.398 e. The summed E-state index contributed by atoms with van der Waals surface area (Å²) in [5.74, 6) is -1.60. The number of aliphatic carboxylic acids is 1. The van der Waals surface area contributed by atoms with E-state index in [1.54, 1.807) is 37.3 Å². The van der Waals surface area contributed by atoms with Crippen LogP contribution in [0.15, 0.2) is 46.4 Å². The second kappa shape index (κ2) is 8.68. The number of para-hydroxylation sites is 1. The summed E-state index contributed by atoms with van der Waals surface area (Å²) in [6.07, 6.45) is -2.69. The van der Waals surface area contributed by atoms with Crippen molar-refractivity contribution < 1.29 is 32.2 Å². The zero-order valence-electron chi connectivity index (χ0n) is 19.2. The van der Waals surface area contributed by atoms with Gasteiger partial charge in [-0.1, -0.05) is 56.7 Å². The zero-order valence-corrected chi connectivity index (χ0v) is 19.2.